The third-order valence-electron chi connectivity index (χ3n) is 4.34. The van der Waals surface area contributed by atoms with E-state index in [2.05, 4.69) is 15.5 Å². The SMILES string of the molecule is COc1ccc(-c2c(NC(=O)C3CCC3)n[nH]c2C)cc1OC. The summed E-state index contributed by atoms with van der Waals surface area (Å²) >= 11 is 0. The number of aromatic amines is 1. The highest BCUT2D eigenvalue weighted by Crippen LogP contribution is 2.37. The third kappa shape index (κ3) is 2.88. The highest BCUT2D eigenvalue weighted by Gasteiger charge is 2.27. The largest absolute Gasteiger partial charge is 0.493 e. The van der Waals surface area contributed by atoms with Gasteiger partial charge in [-0.25, -0.2) is 0 Å². The lowest BCUT2D eigenvalue weighted by molar-refractivity contribution is -0.122. The quantitative estimate of drug-likeness (QED) is 0.888. The normalized spacial score (nSPS) is 14.2. The van der Waals surface area contributed by atoms with Gasteiger partial charge in [-0.2, -0.15) is 5.10 Å². The average Bonchev–Trinajstić information content (AvgIpc) is 2.85. The number of carbonyl (C=O) groups is 1. The van der Waals surface area contributed by atoms with Gasteiger partial charge in [-0.05, 0) is 37.5 Å². The van der Waals surface area contributed by atoms with Crippen LogP contribution in [0, 0.1) is 12.8 Å². The summed E-state index contributed by atoms with van der Waals surface area (Å²) in [6.45, 7) is 1.93. The second-order valence-electron chi connectivity index (χ2n) is 5.76. The molecule has 0 atom stereocenters. The van der Waals surface area contributed by atoms with Crippen LogP contribution in [0.1, 0.15) is 25.0 Å². The lowest BCUT2D eigenvalue weighted by atomic mass is 9.85. The lowest BCUT2D eigenvalue weighted by Crippen LogP contribution is -2.28. The predicted molar refractivity (Wildman–Crippen MR) is 87.8 cm³/mol. The van der Waals surface area contributed by atoms with Crippen LogP contribution in [0.2, 0.25) is 0 Å². The van der Waals surface area contributed by atoms with Gasteiger partial charge in [0.1, 0.15) is 0 Å². The molecule has 6 heteroatoms. The van der Waals surface area contributed by atoms with Gasteiger partial charge in [0.15, 0.2) is 17.3 Å². The number of aromatic nitrogens is 2. The summed E-state index contributed by atoms with van der Waals surface area (Å²) in [5.74, 6) is 2.03. The second-order valence-corrected chi connectivity index (χ2v) is 5.76. The van der Waals surface area contributed by atoms with E-state index < -0.39 is 0 Å². The van der Waals surface area contributed by atoms with E-state index in [-0.39, 0.29) is 11.8 Å². The van der Waals surface area contributed by atoms with Crippen molar-refractivity contribution in [1.29, 1.82) is 0 Å². The minimum atomic E-state index is 0.0458. The van der Waals surface area contributed by atoms with Crippen LogP contribution in [-0.4, -0.2) is 30.3 Å². The first-order valence-corrected chi connectivity index (χ1v) is 7.72. The fourth-order valence-corrected chi connectivity index (χ4v) is 2.75. The molecule has 1 fully saturated rings. The molecule has 0 radical (unpaired) electrons. The summed E-state index contributed by atoms with van der Waals surface area (Å²) in [7, 11) is 3.20. The van der Waals surface area contributed by atoms with Gasteiger partial charge >= 0.3 is 0 Å². The molecule has 0 saturated heterocycles. The highest BCUT2D eigenvalue weighted by molar-refractivity contribution is 5.96. The fraction of sp³-hybridized carbons (Fsp3) is 0.412. The number of carbonyl (C=O) groups excluding carboxylic acids is 1. The molecule has 1 heterocycles. The maximum atomic E-state index is 12.2. The summed E-state index contributed by atoms with van der Waals surface area (Å²) in [6.07, 6.45) is 3.04. The van der Waals surface area contributed by atoms with Crippen molar-refractivity contribution < 1.29 is 14.3 Å². The van der Waals surface area contributed by atoms with Crippen LogP contribution in [0.15, 0.2) is 18.2 Å². The van der Waals surface area contributed by atoms with E-state index in [0.29, 0.717) is 17.3 Å². The molecule has 0 aliphatic heterocycles. The Morgan fingerprint density at radius 1 is 1.26 bits per heavy atom. The number of benzene rings is 1. The molecule has 0 spiro atoms. The zero-order valence-electron chi connectivity index (χ0n) is 13.6. The van der Waals surface area contributed by atoms with Crippen LogP contribution in [0.4, 0.5) is 5.82 Å². The Balaban J connectivity index is 1.93. The molecule has 23 heavy (non-hydrogen) atoms. The number of anilines is 1. The number of nitrogens with zero attached hydrogens (tertiary/aromatic N) is 1. The number of hydrogen-bond acceptors (Lipinski definition) is 4. The third-order valence-corrected chi connectivity index (χ3v) is 4.34. The Morgan fingerprint density at radius 2 is 2.00 bits per heavy atom. The van der Waals surface area contributed by atoms with Crippen molar-refractivity contribution in [3.63, 3.8) is 0 Å². The van der Waals surface area contributed by atoms with E-state index in [1.165, 1.54) is 0 Å². The monoisotopic (exact) mass is 315 g/mol. The van der Waals surface area contributed by atoms with Crippen LogP contribution in [-0.2, 0) is 4.79 Å². The summed E-state index contributed by atoms with van der Waals surface area (Å²) in [5.41, 5.74) is 2.68. The van der Waals surface area contributed by atoms with Crippen molar-refractivity contribution >= 4 is 11.7 Å². The number of methoxy groups -OCH3 is 2. The summed E-state index contributed by atoms with van der Waals surface area (Å²) in [4.78, 5) is 12.2. The molecular weight excluding hydrogens is 294 g/mol. The van der Waals surface area contributed by atoms with Crippen LogP contribution in [0.25, 0.3) is 11.1 Å². The van der Waals surface area contributed by atoms with Crippen molar-refractivity contribution in [2.45, 2.75) is 26.2 Å². The molecular formula is C17H21N3O3. The van der Waals surface area contributed by atoms with E-state index >= 15 is 0 Å². The molecule has 0 bridgehead atoms. The van der Waals surface area contributed by atoms with Gasteiger partial charge < -0.3 is 14.8 Å². The number of ether oxygens (including phenoxy) is 2. The number of H-pyrrole nitrogens is 1. The number of aryl methyl sites for hydroxylation is 1. The van der Waals surface area contributed by atoms with Gasteiger partial charge in [0.05, 0.1) is 14.2 Å². The molecule has 1 aromatic carbocycles. The van der Waals surface area contributed by atoms with Gasteiger partial charge in [0.25, 0.3) is 0 Å². The molecule has 1 saturated carbocycles. The summed E-state index contributed by atoms with van der Waals surface area (Å²) in [5, 5.41) is 10.1. The smallest absolute Gasteiger partial charge is 0.228 e. The van der Waals surface area contributed by atoms with Gasteiger partial charge in [-0.3, -0.25) is 9.89 Å². The van der Waals surface area contributed by atoms with Gasteiger partial charge in [-0.15, -0.1) is 0 Å². The molecule has 6 nitrogen and oxygen atoms in total. The van der Waals surface area contributed by atoms with Crippen LogP contribution >= 0.6 is 0 Å². The van der Waals surface area contributed by atoms with E-state index in [1.807, 2.05) is 25.1 Å². The van der Waals surface area contributed by atoms with Gasteiger partial charge in [-0.1, -0.05) is 12.5 Å². The Hall–Kier alpha value is -2.50. The van der Waals surface area contributed by atoms with E-state index in [1.54, 1.807) is 14.2 Å². The number of amides is 1. The number of rotatable bonds is 5. The minimum absolute atomic E-state index is 0.0458. The summed E-state index contributed by atoms with van der Waals surface area (Å²) < 4.78 is 10.6. The van der Waals surface area contributed by atoms with Crippen molar-refractivity contribution in [2.24, 2.45) is 5.92 Å². The van der Waals surface area contributed by atoms with Gasteiger partial charge in [0, 0.05) is 17.2 Å². The Bertz CT molecular complexity index is 720. The van der Waals surface area contributed by atoms with Crippen LogP contribution in [0.3, 0.4) is 0 Å². The highest BCUT2D eigenvalue weighted by atomic mass is 16.5. The molecule has 3 rings (SSSR count). The van der Waals surface area contributed by atoms with Crippen molar-refractivity contribution in [1.82, 2.24) is 10.2 Å². The topological polar surface area (TPSA) is 76.2 Å². The number of nitrogens with one attached hydrogen (secondary N) is 2. The first-order chi connectivity index (χ1) is 11.1. The fourth-order valence-electron chi connectivity index (χ4n) is 2.75. The minimum Gasteiger partial charge on any atom is -0.493 e. The molecule has 122 valence electrons. The lowest BCUT2D eigenvalue weighted by Gasteiger charge is -2.23. The van der Waals surface area contributed by atoms with E-state index in [4.69, 9.17) is 9.47 Å². The molecule has 1 aliphatic carbocycles. The zero-order valence-corrected chi connectivity index (χ0v) is 13.6. The second kappa shape index (κ2) is 6.32. The van der Waals surface area contributed by atoms with E-state index in [0.717, 1.165) is 36.1 Å². The van der Waals surface area contributed by atoms with Crippen LogP contribution in [0.5, 0.6) is 11.5 Å². The van der Waals surface area contributed by atoms with E-state index in [9.17, 15) is 4.79 Å². The molecule has 1 aromatic heterocycles. The molecule has 2 N–H and O–H groups in total. The molecule has 0 unspecified atom stereocenters. The first kappa shape index (κ1) is 15.4. The average molecular weight is 315 g/mol. The Labute approximate surface area is 135 Å². The number of hydrogen-bond donors (Lipinski definition) is 2. The zero-order chi connectivity index (χ0) is 16.4. The molecule has 2 aromatic rings. The Kier molecular flexibility index (Phi) is 4.23. The van der Waals surface area contributed by atoms with Crippen molar-refractivity contribution in [2.75, 3.05) is 19.5 Å². The maximum absolute atomic E-state index is 12.2. The van der Waals surface area contributed by atoms with Crippen molar-refractivity contribution in [3.05, 3.63) is 23.9 Å². The van der Waals surface area contributed by atoms with Crippen molar-refractivity contribution in [3.8, 4) is 22.6 Å². The predicted octanol–water partition coefficient (Wildman–Crippen LogP) is 3.14. The summed E-state index contributed by atoms with van der Waals surface area (Å²) in [6, 6.07) is 5.66. The van der Waals surface area contributed by atoms with Gasteiger partial charge in [0.2, 0.25) is 5.91 Å². The Morgan fingerprint density at radius 3 is 2.61 bits per heavy atom. The standard InChI is InChI=1S/C17H21N3O3/c1-10-15(12-7-8-13(22-2)14(9-12)23-3)16(20-19-10)18-17(21)11-5-4-6-11/h7-9,11H,4-6H2,1-3H3,(H2,18,19,20,21). The van der Waals surface area contributed by atoms with Crippen LogP contribution < -0.4 is 14.8 Å². The molecule has 1 aliphatic rings. The maximum Gasteiger partial charge on any atom is 0.228 e. The molecule has 1 amide bonds. The first-order valence-electron chi connectivity index (χ1n) is 7.72.